The number of rotatable bonds is 7. The van der Waals surface area contributed by atoms with Gasteiger partial charge in [-0.25, -0.2) is 0 Å². The van der Waals surface area contributed by atoms with E-state index >= 15 is 0 Å². The van der Waals surface area contributed by atoms with E-state index in [0.717, 1.165) is 18.0 Å². The summed E-state index contributed by atoms with van der Waals surface area (Å²) < 4.78 is 50.9. The van der Waals surface area contributed by atoms with Gasteiger partial charge in [-0.05, 0) is 30.0 Å². The summed E-state index contributed by atoms with van der Waals surface area (Å²) in [5.74, 6) is 0.487. The van der Waals surface area contributed by atoms with Crippen LogP contribution in [0, 0.1) is 0 Å². The smallest absolute Gasteiger partial charge is 0.453 e. The molecule has 0 N–H and O–H groups in total. The lowest BCUT2D eigenvalue weighted by Crippen LogP contribution is -2.13. The molecule has 2 aromatic heterocycles. The fraction of sp³-hybridized carbons (Fsp3) is 0.235. The van der Waals surface area contributed by atoms with E-state index in [4.69, 9.17) is 32.4 Å². The Morgan fingerprint density at radius 3 is 2.69 bits per heavy atom. The molecule has 0 saturated heterocycles. The van der Waals surface area contributed by atoms with Crippen LogP contribution < -0.4 is 4.74 Å². The van der Waals surface area contributed by atoms with Crippen LogP contribution in [0.2, 0.25) is 10.0 Å². The zero-order valence-electron chi connectivity index (χ0n) is 14.8. The highest BCUT2D eigenvalue weighted by molar-refractivity contribution is 7.99. The predicted octanol–water partition coefficient (Wildman–Crippen LogP) is 5.77. The van der Waals surface area contributed by atoms with Gasteiger partial charge in [-0.1, -0.05) is 41.9 Å². The molecule has 3 rings (SSSR count). The van der Waals surface area contributed by atoms with Gasteiger partial charge in [0.25, 0.3) is 5.82 Å². The van der Waals surface area contributed by atoms with E-state index in [1.54, 1.807) is 37.3 Å². The number of furan rings is 1. The fourth-order valence-corrected chi connectivity index (χ4v) is 3.04. The zero-order chi connectivity index (χ0) is 21.0. The molecule has 0 bridgehead atoms. The lowest BCUT2D eigenvalue weighted by molar-refractivity contribution is -0.147. The van der Waals surface area contributed by atoms with Crippen LogP contribution in [-0.4, -0.2) is 26.8 Å². The molecule has 0 aliphatic carbocycles. The van der Waals surface area contributed by atoms with E-state index < -0.39 is 12.0 Å². The molecule has 0 amide bonds. The first-order valence-electron chi connectivity index (χ1n) is 8.14. The Morgan fingerprint density at radius 2 is 2.00 bits per heavy atom. The molecule has 0 spiro atoms. The number of benzene rings is 1. The van der Waals surface area contributed by atoms with Gasteiger partial charge < -0.3 is 9.15 Å². The summed E-state index contributed by atoms with van der Waals surface area (Å²) in [4.78, 5) is 0. The van der Waals surface area contributed by atoms with Crippen LogP contribution in [0.1, 0.15) is 24.3 Å². The normalized spacial score (nSPS) is 12.1. The maximum Gasteiger partial charge on any atom is 0.453 e. The SMILES string of the molecule is CCSc1nnc(C(F)(F)F)n1/N=C\c1ccc(COc2ccc(Cl)c(Cl)c2)o1. The van der Waals surface area contributed by atoms with Crippen molar-refractivity contribution in [3.8, 4) is 5.75 Å². The minimum atomic E-state index is -4.68. The van der Waals surface area contributed by atoms with Crippen molar-refractivity contribution in [1.29, 1.82) is 0 Å². The molecular formula is C17H13Cl2F3N4O2S. The van der Waals surface area contributed by atoms with Crippen LogP contribution in [0.25, 0.3) is 0 Å². The molecule has 3 aromatic rings. The Kier molecular flexibility index (Phi) is 6.76. The maximum absolute atomic E-state index is 13.1. The van der Waals surface area contributed by atoms with Crippen LogP contribution in [0.5, 0.6) is 5.75 Å². The molecule has 2 heterocycles. The minimum absolute atomic E-state index is 0.0332. The van der Waals surface area contributed by atoms with Crippen LogP contribution in [0.4, 0.5) is 13.2 Å². The van der Waals surface area contributed by atoms with Gasteiger partial charge in [0.05, 0.1) is 16.3 Å². The number of ether oxygens (including phenoxy) is 1. The summed E-state index contributed by atoms with van der Waals surface area (Å²) in [6.45, 7) is 1.87. The van der Waals surface area contributed by atoms with E-state index in [-0.39, 0.29) is 17.5 Å². The summed E-state index contributed by atoms with van der Waals surface area (Å²) in [5.41, 5.74) is 0. The first kappa shape index (κ1) is 21.5. The molecular weight excluding hydrogens is 452 g/mol. The highest BCUT2D eigenvalue weighted by Crippen LogP contribution is 2.30. The van der Waals surface area contributed by atoms with Gasteiger partial charge in [0.2, 0.25) is 5.16 Å². The van der Waals surface area contributed by atoms with E-state index in [1.165, 1.54) is 0 Å². The summed E-state index contributed by atoms with van der Waals surface area (Å²) in [5, 5.41) is 11.3. The summed E-state index contributed by atoms with van der Waals surface area (Å²) in [7, 11) is 0. The Bertz CT molecular complexity index is 1020. The largest absolute Gasteiger partial charge is 0.486 e. The molecule has 12 heteroatoms. The van der Waals surface area contributed by atoms with Crippen molar-refractivity contribution in [3.63, 3.8) is 0 Å². The van der Waals surface area contributed by atoms with Gasteiger partial charge in [-0.15, -0.1) is 10.2 Å². The van der Waals surface area contributed by atoms with E-state index in [0.29, 0.717) is 32.0 Å². The van der Waals surface area contributed by atoms with Crippen LogP contribution in [0.15, 0.2) is 45.0 Å². The molecule has 0 aliphatic rings. The number of aromatic nitrogens is 3. The van der Waals surface area contributed by atoms with Crippen molar-refractivity contribution in [2.75, 3.05) is 5.75 Å². The van der Waals surface area contributed by atoms with Crippen molar-refractivity contribution in [2.45, 2.75) is 24.9 Å². The van der Waals surface area contributed by atoms with Crippen LogP contribution >= 0.6 is 35.0 Å². The van der Waals surface area contributed by atoms with Gasteiger partial charge in [0.15, 0.2) is 0 Å². The highest BCUT2D eigenvalue weighted by atomic mass is 35.5. The quantitative estimate of drug-likeness (QED) is 0.328. The molecule has 0 radical (unpaired) electrons. The van der Waals surface area contributed by atoms with Gasteiger partial charge in [0, 0.05) is 6.07 Å². The number of alkyl halides is 3. The Morgan fingerprint density at radius 1 is 1.21 bits per heavy atom. The van der Waals surface area contributed by atoms with Gasteiger partial charge in [-0.3, -0.25) is 0 Å². The Labute approximate surface area is 177 Å². The number of halogens is 5. The lowest BCUT2D eigenvalue weighted by Gasteiger charge is -2.06. The first-order valence-corrected chi connectivity index (χ1v) is 9.88. The monoisotopic (exact) mass is 464 g/mol. The molecule has 0 aliphatic heterocycles. The first-order chi connectivity index (χ1) is 13.8. The van der Waals surface area contributed by atoms with E-state index in [2.05, 4.69) is 15.3 Å². The second-order valence-electron chi connectivity index (χ2n) is 5.46. The third kappa shape index (κ3) is 5.46. The van der Waals surface area contributed by atoms with Crippen LogP contribution in [-0.2, 0) is 12.8 Å². The molecule has 1 aromatic carbocycles. The highest BCUT2D eigenvalue weighted by Gasteiger charge is 2.38. The van der Waals surface area contributed by atoms with E-state index in [9.17, 15) is 13.2 Å². The summed E-state index contributed by atoms with van der Waals surface area (Å²) >= 11 is 12.9. The topological polar surface area (TPSA) is 65.4 Å². The standard InChI is InChI=1S/C17H13Cl2F3N4O2S/c1-2-29-16-25-24-15(17(20,21)22)26(16)23-8-11-3-4-12(28-11)9-27-10-5-6-13(18)14(19)7-10/h3-8H,2,9H2,1H3/b23-8-. The van der Waals surface area contributed by atoms with Crippen LogP contribution in [0.3, 0.4) is 0 Å². The van der Waals surface area contributed by atoms with Crippen molar-refractivity contribution >= 4 is 41.2 Å². The zero-order valence-corrected chi connectivity index (χ0v) is 17.1. The fourth-order valence-electron chi connectivity index (χ4n) is 2.14. The third-order valence-electron chi connectivity index (χ3n) is 3.39. The Balaban J connectivity index is 1.72. The van der Waals surface area contributed by atoms with Crippen molar-refractivity contribution in [3.05, 3.63) is 57.7 Å². The molecule has 0 saturated carbocycles. The molecule has 0 atom stereocenters. The molecule has 154 valence electrons. The van der Waals surface area contributed by atoms with Crippen molar-refractivity contribution < 1.29 is 22.3 Å². The van der Waals surface area contributed by atoms with Gasteiger partial charge in [0.1, 0.15) is 23.9 Å². The van der Waals surface area contributed by atoms with E-state index in [1.807, 2.05) is 0 Å². The average Bonchev–Trinajstić information content (AvgIpc) is 3.28. The predicted molar refractivity (Wildman–Crippen MR) is 104 cm³/mol. The Hall–Kier alpha value is -2.17. The molecule has 6 nitrogen and oxygen atoms in total. The summed E-state index contributed by atoms with van der Waals surface area (Å²) in [6, 6.07) is 7.99. The molecule has 0 fully saturated rings. The third-order valence-corrected chi connectivity index (χ3v) is 4.93. The lowest BCUT2D eigenvalue weighted by atomic mass is 10.3. The molecule has 29 heavy (non-hydrogen) atoms. The van der Waals surface area contributed by atoms with Crippen molar-refractivity contribution in [2.24, 2.45) is 5.10 Å². The van der Waals surface area contributed by atoms with Gasteiger partial charge >= 0.3 is 6.18 Å². The second kappa shape index (κ2) is 9.10. The average molecular weight is 465 g/mol. The number of thioether (sulfide) groups is 1. The summed E-state index contributed by atoms with van der Waals surface area (Å²) in [6.07, 6.45) is -3.53. The minimum Gasteiger partial charge on any atom is -0.486 e. The number of nitrogens with zero attached hydrogens (tertiary/aromatic N) is 4. The number of hydrogen-bond donors (Lipinski definition) is 0. The van der Waals surface area contributed by atoms with Gasteiger partial charge in [-0.2, -0.15) is 22.9 Å². The van der Waals surface area contributed by atoms with Crippen molar-refractivity contribution in [1.82, 2.24) is 14.9 Å². The molecule has 0 unspecified atom stereocenters. The maximum atomic E-state index is 13.1. The number of hydrogen-bond acceptors (Lipinski definition) is 6. The second-order valence-corrected chi connectivity index (χ2v) is 7.51.